The predicted molar refractivity (Wildman–Crippen MR) is 122 cm³/mol. The molecule has 31 heavy (non-hydrogen) atoms. The number of carbonyl (C=O) groups excluding carboxylic acids is 1. The van der Waals surface area contributed by atoms with Gasteiger partial charge in [0, 0.05) is 44.8 Å². The Morgan fingerprint density at radius 2 is 1.71 bits per heavy atom. The second-order valence-electron chi connectivity index (χ2n) is 8.15. The molecule has 0 atom stereocenters. The lowest BCUT2D eigenvalue weighted by molar-refractivity contribution is -0.135. The van der Waals surface area contributed by atoms with E-state index in [-0.39, 0.29) is 10.8 Å². The number of piperidine rings is 1. The molecule has 7 nitrogen and oxygen atoms in total. The van der Waals surface area contributed by atoms with Crippen molar-refractivity contribution >= 4 is 27.4 Å². The number of nitrogens with zero attached hydrogens (tertiary/aromatic N) is 4. The number of pyridine rings is 1. The second kappa shape index (κ2) is 9.26. The van der Waals surface area contributed by atoms with Gasteiger partial charge in [-0.2, -0.15) is 0 Å². The Kier molecular flexibility index (Phi) is 6.46. The van der Waals surface area contributed by atoms with Crippen LogP contribution >= 0.6 is 0 Å². The molecule has 0 radical (unpaired) electrons. The minimum absolute atomic E-state index is 0.0954. The smallest absolute Gasteiger partial charge is 0.265 e. The van der Waals surface area contributed by atoms with Crippen molar-refractivity contribution < 1.29 is 13.2 Å². The Bertz CT molecular complexity index is 981. The summed E-state index contributed by atoms with van der Waals surface area (Å²) in [6.45, 7) is 5.47. The van der Waals surface area contributed by atoms with Crippen LogP contribution in [0.2, 0.25) is 0 Å². The molecule has 2 aromatic rings. The summed E-state index contributed by atoms with van der Waals surface area (Å²) in [6, 6.07) is 12.5. The van der Waals surface area contributed by atoms with Crippen LogP contribution in [-0.4, -0.2) is 56.9 Å². The standard InChI is InChI=1S/C23H30N4O3S/c1-2-27(20-8-4-3-5-9-20)31(29,30)21-10-11-22(24-18-21)25-16-12-19(13-17-25)23(28)26-14-6-7-15-26/h3-5,8-11,18-19H,2,6-7,12-17H2,1H3. The summed E-state index contributed by atoms with van der Waals surface area (Å²) in [5.41, 5.74) is 0.638. The number of para-hydroxylation sites is 1. The van der Waals surface area contributed by atoms with Gasteiger partial charge < -0.3 is 9.80 Å². The predicted octanol–water partition coefficient (Wildman–Crippen LogP) is 3.14. The maximum absolute atomic E-state index is 13.1. The minimum atomic E-state index is -3.68. The summed E-state index contributed by atoms with van der Waals surface area (Å²) in [7, 11) is -3.68. The van der Waals surface area contributed by atoms with Gasteiger partial charge in [-0.3, -0.25) is 9.10 Å². The fourth-order valence-electron chi connectivity index (χ4n) is 4.48. The first-order valence-corrected chi connectivity index (χ1v) is 12.5. The monoisotopic (exact) mass is 442 g/mol. The van der Waals surface area contributed by atoms with Gasteiger partial charge in [-0.1, -0.05) is 18.2 Å². The van der Waals surface area contributed by atoms with Crippen molar-refractivity contribution in [2.45, 2.75) is 37.5 Å². The molecule has 3 heterocycles. The molecule has 4 rings (SSSR count). The fraction of sp³-hybridized carbons (Fsp3) is 0.478. The van der Waals surface area contributed by atoms with Gasteiger partial charge >= 0.3 is 0 Å². The van der Waals surface area contributed by atoms with Gasteiger partial charge in [0.2, 0.25) is 5.91 Å². The van der Waals surface area contributed by atoms with Crippen LogP contribution in [0, 0.1) is 5.92 Å². The lowest BCUT2D eigenvalue weighted by atomic mass is 9.95. The molecular weight excluding hydrogens is 412 g/mol. The molecule has 0 aliphatic carbocycles. The van der Waals surface area contributed by atoms with Crippen LogP contribution in [0.25, 0.3) is 0 Å². The van der Waals surface area contributed by atoms with E-state index in [0.717, 1.165) is 57.7 Å². The maximum atomic E-state index is 13.1. The van der Waals surface area contributed by atoms with E-state index >= 15 is 0 Å². The van der Waals surface area contributed by atoms with Gasteiger partial charge in [0.1, 0.15) is 10.7 Å². The third-order valence-electron chi connectivity index (χ3n) is 6.23. The number of hydrogen-bond acceptors (Lipinski definition) is 5. The number of aromatic nitrogens is 1. The van der Waals surface area contributed by atoms with E-state index in [1.807, 2.05) is 30.0 Å². The zero-order valence-corrected chi connectivity index (χ0v) is 18.8. The van der Waals surface area contributed by atoms with Crippen molar-refractivity contribution in [3.8, 4) is 0 Å². The van der Waals surface area contributed by atoms with E-state index in [1.165, 1.54) is 10.5 Å². The molecule has 0 N–H and O–H groups in total. The van der Waals surface area contributed by atoms with Gasteiger partial charge in [0.05, 0.1) is 5.69 Å². The highest BCUT2D eigenvalue weighted by molar-refractivity contribution is 7.92. The van der Waals surface area contributed by atoms with Crippen LogP contribution < -0.4 is 9.21 Å². The number of likely N-dealkylation sites (tertiary alicyclic amines) is 1. The maximum Gasteiger partial charge on any atom is 0.265 e. The summed E-state index contributed by atoms with van der Waals surface area (Å²) >= 11 is 0. The van der Waals surface area contributed by atoms with E-state index in [9.17, 15) is 13.2 Å². The number of rotatable bonds is 6. The number of hydrogen-bond donors (Lipinski definition) is 0. The molecule has 8 heteroatoms. The topological polar surface area (TPSA) is 73.8 Å². The summed E-state index contributed by atoms with van der Waals surface area (Å²) in [4.78, 5) is 21.4. The molecule has 0 saturated carbocycles. The molecule has 0 spiro atoms. The van der Waals surface area contributed by atoms with Gasteiger partial charge in [-0.25, -0.2) is 13.4 Å². The van der Waals surface area contributed by atoms with Crippen LogP contribution in [0.3, 0.4) is 0 Å². The van der Waals surface area contributed by atoms with Crippen LogP contribution in [-0.2, 0) is 14.8 Å². The Morgan fingerprint density at radius 1 is 1.03 bits per heavy atom. The average molecular weight is 443 g/mol. The Balaban J connectivity index is 1.42. The third-order valence-corrected chi connectivity index (χ3v) is 8.11. The fourth-order valence-corrected chi connectivity index (χ4v) is 5.90. The van der Waals surface area contributed by atoms with Crippen molar-refractivity contribution in [1.29, 1.82) is 0 Å². The van der Waals surface area contributed by atoms with Gasteiger partial charge in [-0.15, -0.1) is 0 Å². The number of anilines is 2. The van der Waals surface area contributed by atoms with E-state index in [0.29, 0.717) is 18.1 Å². The average Bonchev–Trinajstić information content (AvgIpc) is 3.35. The second-order valence-corrected chi connectivity index (χ2v) is 10.0. The van der Waals surface area contributed by atoms with Crippen molar-refractivity contribution in [2.75, 3.05) is 41.9 Å². The molecule has 0 unspecified atom stereocenters. The van der Waals surface area contributed by atoms with Crippen molar-refractivity contribution in [3.05, 3.63) is 48.7 Å². The van der Waals surface area contributed by atoms with Crippen LogP contribution in [0.1, 0.15) is 32.6 Å². The quantitative estimate of drug-likeness (QED) is 0.687. The van der Waals surface area contributed by atoms with Gasteiger partial charge in [0.15, 0.2) is 0 Å². The summed E-state index contributed by atoms with van der Waals surface area (Å²) in [6.07, 6.45) is 5.30. The minimum Gasteiger partial charge on any atom is -0.357 e. The zero-order chi connectivity index (χ0) is 21.8. The molecule has 0 bridgehead atoms. The lowest BCUT2D eigenvalue weighted by Crippen LogP contribution is -2.42. The van der Waals surface area contributed by atoms with Crippen LogP contribution in [0.5, 0.6) is 0 Å². The van der Waals surface area contributed by atoms with Crippen molar-refractivity contribution in [2.24, 2.45) is 5.92 Å². The largest absolute Gasteiger partial charge is 0.357 e. The number of carbonyl (C=O) groups is 1. The van der Waals surface area contributed by atoms with Gasteiger partial charge in [-0.05, 0) is 56.9 Å². The highest BCUT2D eigenvalue weighted by atomic mass is 32.2. The molecule has 1 amide bonds. The van der Waals surface area contributed by atoms with Gasteiger partial charge in [0.25, 0.3) is 10.0 Å². The first-order valence-electron chi connectivity index (χ1n) is 11.1. The molecule has 2 fully saturated rings. The summed E-state index contributed by atoms with van der Waals surface area (Å²) in [5, 5.41) is 0. The summed E-state index contributed by atoms with van der Waals surface area (Å²) < 4.78 is 27.6. The van der Waals surface area contributed by atoms with E-state index in [2.05, 4.69) is 9.88 Å². The van der Waals surface area contributed by atoms with E-state index in [4.69, 9.17) is 0 Å². The normalized spacial score (nSPS) is 17.7. The number of amides is 1. The first kappa shape index (κ1) is 21.6. The molecule has 2 aliphatic rings. The Hall–Kier alpha value is -2.61. The molecule has 2 saturated heterocycles. The van der Waals surface area contributed by atoms with Crippen molar-refractivity contribution in [3.63, 3.8) is 0 Å². The first-order chi connectivity index (χ1) is 15.0. The molecule has 2 aliphatic heterocycles. The van der Waals surface area contributed by atoms with Crippen LogP contribution in [0.15, 0.2) is 53.6 Å². The van der Waals surface area contributed by atoms with Crippen molar-refractivity contribution in [1.82, 2.24) is 9.88 Å². The Morgan fingerprint density at radius 3 is 2.29 bits per heavy atom. The SMILES string of the molecule is CCN(c1ccccc1)S(=O)(=O)c1ccc(N2CCC(C(=O)N3CCCC3)CC2)nc1. The number of sulfonamides is 1. The molecule has 1 aromatic carbocycles. The van der Waals surface area contributed by atoms with E-state index in [1.54, 1.807) is 24.3 Å². The third kappa shape index (κ3) is 4.54. The highest BCUT2D eigenvalue weighted by Gasteiger charge is 2.30. The number of benzene rings is 1. The summed E-state index contributed by atoms with van der Waals surface area (Å²) in [5.74, 6) is 1.15. The zero-order valence-electron chi connectivity index (χ0n) is 18.0. The lowest BCUT2D eigenvalue weighted by Gasteiger charge is -2.34. The molecular formula is C23H30N4O3S. The Labute approximate surface area is 184 Å². The highest BCUT2D eigenvalue weighted by Crippen LogP contribution is 2.27. The van der Waals surface area contributed by atoms with E-state index < -0.39 is 10.0 Å². The molecule has 1 aromatic heterocycles. The molecule has 166 valence electrons. The van der Waals surface area contributed by atoms with Crippen LogP contribution in [0.4, 0.5) is 11.5 Å².